The van der Waals surface area contributed by atoms with E-state index in [0.29, 0.717) is 43.0 Å². The summed E-state index contributed by atoms with van der Waals surface area (Å²) in [6.45, 7) is 3.23. The molecule has 0 saturated carbocycles. The highest BCUT2D eigenvalue weighted by molar-refractivity contribution is 7.80. The van der Waals surface area contributed by atoms with Crippen molar-refractivity contribution >= 4 is 30.4 Å². The van der Waals surface area contributed by atoms with Crippen molar-refractivity contribution in [2.45, 2.75) is 43.5 Å². The summed E-state index contributed by atoms with van der Waals surface area (Å²) >= 11 is 4.33. The minimum atomic E-state index is -0.358. The van der Waals surface area contributed by atoms with E-state index in [1.54, 1.807) is 24.0 Å². The van der Waals surface area contributed by atoms with Gasteiger partial charge in [0.2, 0.25) is 5.91 Å². The lowest BCUT2D eigenvalue weighted by Gasteiger charge is -2.32. The van der Waals surface area contributed by atoms with Gasteiger partial charge in [-0.2, -0.15) is 0 Å². The maximum atomic E-state index is 12.5. The van der Waals surface area contributed by atoms with Gasteiger partial charge in [-0.05, 0) is 31.9 Å². The van der Waals surface area contributed by atoms with Crippen LogP contribution >= 0.6 is 12.6 Å². The third-order valence-electron chi connectivity index (χ3n) is 4.14. The Kier molecular flexibility index (Phi) is 7.31. The molecule has 2 rings (SSSR count). The number of hydrogen-bond donors (Lipinski definition) is 2. The van der Waals surface area contributed by atoms with Crippen LogP contribution in [0.5, 0.6) is 0 Å². The van der Waals surface area contributed by atoms with Crippen LogP contribution in [0.3, 0.4) is 0 Å². The molecule has 7 heteroatoms. The van der Waals surface area contributed by atoms with Gasteiger partial charge < -0.3 is 15.0 Å². The zero-order valence-corrected chi connectivity index (χ0v) is 15.3. The predicted molar refractivity (Wildman–Crippen MR) is 96.6 cm³/mol. The van der Waals surface area contributed by atoms with Crippen molar-refractivity contribution in [1.29, 1.82) is 0 Å². The molecule has 1 heterocycles. The third-order valence-corrected chi connectivity index (χ3v) is 4.53. The number of esters is 1. The van der Waals surface area contributed by atoms with Crippen molar-refractivity contribution < 1.29 is 19.1 Å². The second-order valence-electron chi connectivity index (χ2n) is 5.96. The molecule has 1 aromatic rings. The molecule has 1 saturated heterocycles. The summed E-state index contributed by atoms with van der Waals surface area (Å²) in [7, 11) is 0. The number of ether oxygens (including phenoxy) is 1. The van der Waals surface area contributed by atoms with E-state index in [1.807, 2.05) is 12.1 Å². The first-order chi connectivity index (χ1) is 12.0. The molecule has 1 aliphatic rings. The van der Waals surface area contributed by atoms with Crippen LogP contribution in [0.25, 0.3) is 0 Å². The summed E-state index contributed by atoms with van der Waals surface area (Å²) in [6, 6.07) is 7.27. The smallest absolute Gasteiger partial charge is 0.306 e. The van der Waals surface area contributed by atoms with Crippen LogP contribution in [0.2, 0.25) is 0 Å². The van der Waals surface area contributed by atoms with Gasteiger partial charge in [0.05, 0.1) is 18.6 Å². The van der Waals surface area contributed by atoms with Crippen molar-refractivity contribution in [3.05, 3.63) is 29.8 Å². The molecular weight excluding hydrogens is 340 g/mol. The minimum absolute atomic E-state index is 0.0299. The van der Waals surface area contributed by atoms with E-state index in [0.717, 1.165) is 0 Å². The highest BCUT2D eigenvalue weighted by Gasteiger charge is 2.25. The maximum absolute atomic E-state index is 12.5. The average molecular weight is 364 g/mol. The highest BCUT2D eigenvalue weighted by Crippen LogP contribution is 2.19. The Morgan fingerprint density at radius 1 is 1.20 bits per heavy atom. The molecule has 0 atom stereocenters. The van der Waals surface area contributed by atoms with E-state index >= 15 is 0 Å². The number of benzene rings is 1. The molecule has 0 radical (unpaired) electrons. The Balaban J connectivity index is 1.76. The van der Waals surface area contributed by atoms with Crippen molar-refractivity contribution in [3.8, 4) is 0 Å². The molecule has 0 aliphatic carbocycles. The molecule has 1 fully saturated rings. The van der Waals surface area contributed by atoms with Gasteiger partial charge in [-0.1, -0.05) is 12.1 Å². The number of likely N-dealkylation sites (tertiary alicyclic amines) is 1. The largest absolute Gasteiger partial charge is 0.466 e. The Labute approximate surface area is 153 Å². The second-order valence-corrected chi connectivity index (χ2v) is 6.44. The van der Waals surface area contributed by atoms with Crippen LogP contribution in [-0.2, 0) is 14.3 Å². The Morgan fingerprint density at radius 3 is 2.52 bits per heavy atom. The lowest BCUT2D eigenvalue weighted by atomic mass is 10.0. The number of nitrogens with zero attached hydrogens (tertiary/aromatic N) is 1. The summed E-state index contributed by atoms with van der Waals surface area (Å²) in [6.07, 6.45) is 1.62. The summed E-state index contributed by atoms with van der Waals surface area (Å²) in [5.41, 5.74) is 0.600. The zero-order chi connectivity index (χ0) is 18.2. The lowest BCUT2D eigenvalue weighted by Crippen LogP contribution is -2.46. The quantitative estimate of drug-likeness (QED) is 0.598. The fraction of sp³-hybridized carbons (Fsp3) is 0.500. The first kappa shape index (κ1) is 19.3. The molecule has 0 aromatic heterocycles. The van der Waals surface area contributed by atoms with Crippen molar-refractivity contribution in [2.75, 3.05) is 19.7 Å². The molecule has 6 nitrogen and oxygen atoms in total. The van der Waals surface area contributed by atoms with E-state index in [2.05, 4.69) is 17.9 Å². The van der Waals surface area contributed by atoms with E-state index < -0.39 is 0 Å². The van der Waals surface area contributed by atoms with Gasteiger partial charge in [0.15, 0.2) is 0 Å². The fourth-order valence-electron chi connectivity index (χ4n) is 2.80. The van der Waals surface area contributed by atoms with Crippen LogP contribution in [0.4, 0.5) is 0 Å². The van der Waals surface area contributed by atoms with Crippen LogP contribution in [0.15, 0.2) is 29.2 Å². The van der Waals surface area contributed by atoms with E-state index in [-0.39, 0.29) is 36.7 Å². The number of carbonyl (C=O) groups excluding carboxylic acids is 3. The van der Waals surface area contributed by atoms with E-state index in [4.69, 9.17) is 4.74 Å². The molecular formula is C18H24N2O4S. The van der Waals surface area contributed by atoms with Gasteiger partial charge in [-0.3, -0.25) is 14.4 Å². The normalized spacial score (nSPS) is 14.9. The van der Waals surface area contributed by atoms with Gasteiger partial charge >= 0.3 is 5.97 Å². The van der Waals surface area contributed by atoms with Crippen molar-refractivity contribution in [3.63, 3.8) is 0 Å². The Morgan fingerprint density at radius 2 is 1.88 bits per heavy atom. The Hall–Kier alpha value is -2.02. The van der Waals surface area contributed by atoms with Gasteiger partial charge in [0, 0.05) is 30.4 Å². The second kappa shape index (κ2) is 9.46. The fourth-order valence-corrected chi connectivity index (χ4v) is 3.06. The number of amides is 2. The summed E-state index contributed by atoms with van der Waals surface area (Å²) in [4.78, 5) is 38.1. The Bertz CT molecular complexity index is 627. The van der Waals surface area contributed by atoms with Crippen LogP contribution in [0, 0.1) is 0 Å². The molecule has 0 bridgehead atoms. The molecule has 0 unspecified atom stereocenters. The van der Waals surface area contributed by atoms with E-state index in [9.17, 15) is 14.4 Å². The van der Waals surface area contributed by atoms with Gasteiger partial charge in [0.1, 0.15) is 0 Å². The standard InChI is InChI=1S/C18H24N2O4S/c1-2-24-17(22)8-7-16(21)19-13-9-11-20(12-10-13)18(23)14-5-3-4-6-15(14)25/h3-6,13,25H,2,7-12H2,1H3,(H,19,21). The predicted octanol–water partition coefficient (Wildman–Crippen LogP) is 2.04. The molecule has 0 spiro atoms. The molecule has 2 amide bonds. The van der Waals surface area contributed by atoms with Gasteiger partial charge in [-0.25, -0.2) is 0 Å². The number of carbonyl (C=O) groups is 3. The van der Waals surface area contributed by atoms with Crippen molar-refractivity contribution in [2.24, 2.45) is 0 Å². The summed E-state index contributed by atoms with van der Waals surface area (Å²) in [5, 5.41) is 2.93. The van der Waals surface area contributed by atoms with Crippen LogP contribution < -0.4 is 5.32 Å². The van der Waals surface area contributed by atoms with Gasteiger partial charge in [0.25, 0.3) is 5.91 Å². The number of rotatable bonds is 6. The molecule has 1 N–H and O–H groups in total. The van der Waals surface area contributed by atoms with Gasteiger partial charge in [-0.15, -0.1) is 12.6 Å². The molecule has 1 aliphatic heterocycles. The molecule has 1 aromatic carbocycles. The third kappa shape index (κ3) is 5.77. The maximum Gasteiger partial charge on any atom is 0.306 e. The summed E-state index contributed by atoms with van der Waals surface area (Å²) < 4.78 is 4.81. The first-order valence-electron chi connectivity index (χ1n) is 8.53. The number of thiol groups is 1. The van der Waals surface area contributed by atoms with E-state index in [1.165, 1.54) is 0 Å². The zero-order valence-electron chi connectivity index (χ0n) is 14.4. The molecule has 25 heavy (non-hydrogen) atoms. The summed E-state index contributed by atoms with van der Waals surface area (Å²) in [5.74, 6) is -0.542. The number of hydrogen-bond acceptors (Lipinski definition) is 5. The number of piperidine rings is 1. The lowest BCUT2D eigenvalue weighted by molar-refractivity contribution is -0.144. The topological polar surface area (TPSA) is 75.7 Å². The van der Waals surface area contributed by atoms with Crippen LogP contribution in [-0.4, -0.2) is 48.4 Å². The minimum Gasteiger partial charge on any atom is -0.466 e. The average Bonchev–Trinajstić information content (AvgIpc) is 2.61. The number of nitrogens with one attached hydrogen (secondary N) is 1. The molecule has 136 valence electrons. The van der Waals surface area contributed by atoms with Crippen molar-refractivity contribution in [1.82, 2.24) is 10.2 Å². The highest BCUT2D eigenvalue weighted by atomic mass is 32.1. The SMILES string of the molecule is CCOC(=O)CCC(=O)NC1CCN(C(=O)c2ccccc2S)CC1. The monoisotopic (exact) mass is 364 g/mol. The first-order valence-corrected chi connectivity index (χ1v) is 8.98. The van der Waals surface area contributed by atoms with Crippen LogP contribution in [0.1, 0.15) is 43.0 Å².